The number of ether oxygens (including phenoxy) is 1. The summed E-state index contributed by atoms with van der Waals surface area (Å²) in [6, 6.07) is 10.4. The van der Waals surface area contributed by atoms with E-state index in [1.807, 2.05) is 0 Å². The van der Waals surface area contributed by atoms with Crippen molar-refractivity contribution in [2.45, 2.75) is 11.7 Å². The van der Waals surface area contributed by atoms with Crippen LogP contribution in [0.1, 0.15) is 6.42 Å². The molecule has 3 rings (SSSR count). The number of halogens is 1. The molecule has 8 heteroatoms. The molecular weight excluding hydrogens is 340 g/mol. The molecule has 2 aromatic rings. The second kappa shape index (κ2) is 6.17. The minimum atomic E-state index is -3.75. The summed E-state index contributed by atoms with van der Waals surface area (Å²) in [5, 5.41) is -0.872. The van der Waals surface area contributed by atoms with E-state index in [1.54, 1.807) is 48.8 Å². The Morgan fingerprint density at radius 3 is 2.48 bits per heavy atom. The van der Waals surface area contributed by atoms with Crippen LogP contribution in [0.5, 0.6) is 11.5 Å². The summed E-state index contributed by atoms with van der Waals surface area (Å²) in [6.45, 7) is 0.0630. The molecule has 1 aliphatic rings. The zero-order valence-corrected chi connectivity index (χ0v) is 13.5. The largest absolute Gasteiger partial charge is 0.456 e. The van der Waals surface area contributed by atoms with Gasteiger partial charge in [-0.05, 0) is 36.4 Å². The van der Waals surface area contributed by atoms with E-state index in [9.17, 15) is 13.2 Å². The van der Waals surface area contributed by atoms with Crippen LogP contribution < -0.4 is 9.64 Å². The quantitative estimate of drug-likeness (QED) is 0.790. The maximum Gasteiger partial charge on any atom is 0.237 e. The SMILES string of the molecule is O=C1CC(S(=O)(=O)Cl)CN1c1ccc(Oc2cccnc2)cc1. The van der Waals surface area contributed by atoms with Crippen molar-refractivity contribution in [2.75, 3.05) is 11.4 Å². The smallest absolute Gasteiger partial charge is 0.237 e. The number of hydrogen-bond acceptors (Lipinski definition) is 5. The summed E-state index contributed by atoms with van der Waals surface area (Å²) < 4.78 is 28.4. The highest BCUT2D eigenvalue weighted by atomic mass is 35.7. The maximum absolute atomic E-state index is 12.0. The Hall–Kier alpha value is -2.12. The molecule has 0 radical (unpaired) electrons. The van der Waals surface area contributed by atoms with Crippen LogP contribution in [0, 0.1) is 0 Å². The van der Waals surface area contributed by atoms with E-state index in [0.717, 1.165) is 0 Å². The number of rotatable bonds is 4. The Morgan fingerprint density at radius 1 is 1.17 bits per heavy atom. The second-order valence-corrected chi connectivity index (χ2v) is 8.00. The van der Waals surface area contributed by atoms with Gasteiger partial charge in [-0.3, -0.25) is 9.78 Å². The minimum absolute atomic E-state index is 0.0630. The van der Waals surface area contributed by atoms with E-state index in [2.05, 4.69) is 4.98 Å². The zero-order valence-electron chi connectivity index (χ0n) is 11.9. The van der Waals surface area contributed by atoms with E-state index in [4.69, 9.17) is 15.4 Å². The maximum atomic E-state index is 12.0. The standard InChI is InChI=1S/C15H13ClN2O4S/c16-23(20,21)14-8-15(19)18(10-14)11-3-5-12(6-4-11)22-13-2-1-7-17-9-13/h1-7,9,14H,8,10H2. The number of amides is 1. The fraction of sp³-hybridized carbons (Fsp3) is 0.200. The van der Waals surface area contributed by atoms with Crippen molar-refractivity contribution in [2.24, 2.45) is 0 Å². The van der Waals surface area contributed by atoms with Gasteiger partial charge in [-0.1, -0.05) is 0 Å². The molecule has 0 N–H and O–H groups in total. The highest BCUT2D eigenvalue weighted by Crippen LogP contribution is 2.29. The Kier molecular flexibility index (Phi) is 4.23. The fourth-order valence-corrected chi connectivity index (χ4v) is 3.38. The molecule has 1 aliphatic heterocycles. The number of nitrogens with zero attached hydrogens (tertiary/aromatic N) is 2. The third kappa shape index (κ3) is 3.62. The van der Waals surface area contributed by atoms with E-state index >= 15 is 0 Å². The Bertz CT molecular complexity index is 809. The lowest BCUT2D eigenvalue weighted by Gasteiger charge is -2.16. The van der Waals surface area contributed by atoms with Gasteiger partial charge in [0.25, 0.3) is 0 Å². The van der Waals surface area contributed by atoms with Gasteiger partial charge >= 0.3 is 0 Å². The number of carbonyl (C=O) groups excluding carboxylic acids is 1. The van der Waals surface area contributed by atoms with Crippen LogP contribution in [0.4, 0.5) is 5.69 Å². The van der Waals surface area contributed by atoms with Crippen molar-refractivity contribution in [3.8, 4) is 11.5 Å². The summed E-state index contributed by atoms with van der Waals surface area (Å²) in [5.41, 5.74) is 0.608. The van der Waals surface area contributed by atoms with Gasteiger partial charge in [0, 0.05) is 35.5 Å². The van der Waals surface area contributed by atoms with Gasteiger partial charge in [0.15, 0.2) is 0 Å². The number of benzene rings is 1. The Labute approximate surface area is 138 Å². The summed E-state index contributed by atoms with van der Waals surface area (Å²) in [5.74, 6) is 0.931. The number of pyridine rings is 1. The van der Waals surface area contributed by atoms with Crippen molar-refractivity contribution in [1.29, 1.82) is 0 Å². The number of anilines is 1. The predicted molar refractivity (Wildman–Crippen MR) is 86.3 cm³/mol. The molecule has 0 bridgehead atoms. The van der Waals surface area contributed by atoms with Crippen molar-refractivity contribution in [1.82, 2.24) is 4.98 Å². The van der Waals surface area contributed by atoms with E-state index in [0.29, 0.717) is 17.2 Å². The van der Waals surface area contributed by atoms with Crippen LogP contribution >= 0.6 is 10.7 Å². The van der Waals surface area contributed by atoms with Gasteiger partial charge in [-0.25, -0.2) is 8.42 Å². The second-order valence-electron chi connectivity index (χ2n) is 5.09. The summed E-state index contributed by atoms with van der Waals surface area (Å²) >= 11 is 0. The monoisotopic (exact) mass is 352 g/mol. The molecule has 2 heterocycles. The van der Waals surface area contributed by atoms with Crippen LogP contribution in [0.15, 0.2) is 48.8 Å². The number of hydrogen-bond donors (Lipinski definition) is 0. The fourth-order valence-electron chi connectivity index (χ4n) is 2.35. The van der Waals surface area contributed by atoms with Crippen molar-refractivity contribution < 1.29 is 17.9 Å². The van der Waals surface area contributed by atoms with Crippen LogP contribution in [0.25, 0.3) is 0 Å². The molecule has 0 spiro atoms. The lowest BCUT2D eigenvalue weighted by molar-refractivity contribution is -0.117. The topological polar surface area (TPSA) is 76.6 Å². The molecule has 0 aliphatic carbocycles. The normalized spacial score (nSPS) is 18.2. The first-order valence-corrected chi connectivity index (χ1v) is 9.22. The molecule has 1 amide bonds. The molecular formula is C15H13ClN2O4S. The van der Waals surface area contributed by atoms with Crippen molar-refractivity contribution in [3.63, 3.8) is 0 Å². The average molecular weight is 353 g/mol. The number of aromatic nitrogens is 1. The van der Waals surface area contributed by atoms with Crippen molar-refractivity contribution >= 4 is 31.3 Å². The van der Waals surface area contributed by atoms with Gasteiger partial charge in [0.05, 0.1) is 6.20 Å². The first kappa shape index (κ1) is 15.8. The molecule has 1 aromatic heterocycles. The molecule has 120 valence electrons. The highest BCUT2D eigenvalue weighted by Gasteiger charge is 2.37. The molecule has 1 unspecified atom stereocenters. The average Bonchev–Trinajstić information content (AvgIpc) is 2.91. The van der Waals surface area contributed by atoms with E-state index < -0.39 is 14.3 Å². The van der Waals surface area contributed by atoms with E-state index in [1.165, 1.54) is 4.90 Å². The molecule has 0 saturated carbocycles. The Balaban J connectivity index is 1.74. The molecule has 1 aromatic carbocycles. The molecule has 1 fully saturated rings. The minimum Gasteiger partial charge on any atom is -0.456 e. The zero-order chi connectivity index (χ0) is 16.4. The lowest BCUT2D eigenvalue weighted by atomic mass is 10.3. The molecule has 1 atom stereocenters. The third-order valence-corrected chi connectivity index (χ3v) is 5.37. The van der Waals surface area contributed by atoms with E-state index in [-0.39, 0.29) is 18.9 Å². The van der Waals surface area contributed by atoms with Gasteiger partial charge < -0.3 is 9.64 Å². The summed E-state index contributed by atoms with van der Waals surface area (Å²) in [6.07, 6.45) is 3.14. The van der Waals surface area contributed by atoms with Gasteiger partial charge in [-0.15, -0.1) is 0 Å². The van der Waals surface area contributed by atoms with Crippen LogP contribution in [-0.4, -0.2) is 31.1 Å². The number of carbonyl (C=O) groups is 1. The predicted octanol–water partition coefficient (Wildman–Crippen LogP) is 2.55. The van der Waals surface area contributed by atoms with Gasteiger partial charge in [0.2, 0.25) is 15.0 Å². The summed E-state index contributed by atoms with van der Waals surface area (Å²) in [4.78, 5) is 17.3. The molecule has 23 heavy (non-hydrogen) atoms. The first-order valence-electron chi connectivity index (χ1n) is 6.85. The molecule has 1 saturated heterocycles. The first-order chi connectivity index (χ1) is 10.9. The summed E-state index contributed by atoms with van der Waals surface area (Å²) in [7, 11) is 1.59. The van der Waals surface area contributed by atoms with Crippen LogP contribution in [0.3, 0.4) is 0 Å². The van der Waals surface area contributed by atoms with Gasteiger partial charge in [-0.2, -0.15) is 0 Å². The van der Waals surface area contributed by atoms with Crippen LogP contribution in [-0.2, 0) is 13.8 Å². The lowest BCUT2D eigenvalue weighted by Crippen LogP contribution is -2.26. The van der Waals surface area contributed by atoms with Crippen LogP contribution in [0.2, 0.25) is 0 Å². The highest BCUT2D eigenvalue weighted by molar-refractivity contribution is 8.14. The van der Waals surface area contributed by atoms with Gasteiger partial charge in [0.1, 0.15) is 16.7 Å². The third-order valence-electron chi connectivity index (χ3n) is 3.51. The Morgan fingerprint density at radius 2 is 1.91 bits per heavy atom. The molecule has 6 nitrogen and oxygen atoms in total. The van der Waals surface area contributed by atoms with Crippen molar-refractivity contribution in [3.05, 3.63) is 48.8 Å².